The Hall–Kier alpha value is -1.01. The predicted molar refractivity (Wildman–Crippen MR) is 83.1 cm³/mol. The monoisotopic (exact) mass is 295 g/mol. The van der Waals surface area contributed by atoms with Gasteiger partial charge >= 0.3 is 8.80 Å². The highest BCUT2D eigenvalue weighted by molar-refractivity contribution is 6.93. The number of aryl methyl sites for hydroxylation is 1. The van der Waals surface area contributed by atoms with Crippen molar-refractivity contribution in [2.45, 2.75) is 33.6 Å². The van der Waals surface area contributed by atoms with Crippen LogP contribution in [0.2, 0.25) is 0 Å². The zero-order valence-corrected chi connectivity index (χ0v) is 13.6. The minimum Gasteiger partial charge on any atom is -0.370 e. The summed E-state index contributed by atoms with van der Waals surface area (Å²) in [5.74, 6) is 0. The van der Waals surface area contributed by atoms with Gasteiger partial charge < -0.3 is 18.7 Å². The van der Waals surface area contributed by atoms with Gasteiger partial charge in [0, 0.05) is 19.8 Å². The second-order valence-electron chi connectivity index (χ2n) is 4.32. The quantitative estimate of drug-likeness (QED) is 0.532. The molecule has 0 saturated carbocycles. The predicted octanol–water partition coefficient (Wildman–Crippen LogP) is 3.23. The van der Waals surface area contributed by atoms with Crippen molar-refractivity contribution >= 4 is 14.1 Å². The minimum atomic E-state index is -2.97. The van der Waals surface area contributed by atoms with E-state index in [2.05, 4.69) is 12.1 Å². The van der Waals surface area contributed by atoms with Crippen LogP contribution in [0.1, 0.15) is 32.8 Å². The van der Waals surface area contributed by atoms with Crippen molar-refractivity contribution in [2.75, 3.05) is 19.8 Å². The van der Waals surface area contributed by atoms with Gasteiger partial charge in [0.25, 0.3) is 0 Å². The minimum absolute atomic E-state index is 0.465. The average Bonchev–Trinajstić information content (AvgIpc) is 2.46. The van der Waals surface area contributed by atoms with Gasteiger partial charge in [0.15, 0.2) is 0 Å². The Bertz CT molecular complexity index is 380. The SMILES string of the molecule is CCO[Si](OCC)(OCC)C(=N)CCc1ccccc1. The molecule has 0 aliphatic heterocycles. The lowest BCUT2D eigenvalue weighted by molar-refractivity contribution is 0.0890. The Morgan fingerprint density at radius 1 is 0.950 bits per heavy atom. The average molecular weight is 295 g/mol. The van der Waals surface area contributed by atoms with Crippen molar-refractivity contribution < 1.29 is 13.3 Å². The Morgan fingerprint density at radius 3 is 1.90 bits per heavy atom. The first kappa shape index (κ1) is 17.0. The molecular formula is C15H25NO3Si. The molecule has 0 radical (unpaired) electrons. The Kier molecular flexibility index (Phi) is 7.69. The first-order valence-electron chi connectivity index (χ1n) is 7.22. The summed E-state index contributed by atoms with van der Waals surface area (Å²) in [6, 6.07) is 10.2. The molecule has 0 heterocycles. The van der Waals surface area contributed by atoms with Crippen LogP contribution in [-0.2, 0) is 19.7 Å². The van der Waals surface area contributed by atoms with Gasteiger partial charge in [0.2, 0.25) is 0 Å². The molecule has 0 fully saturated rings. The van der Waals surface area contributed by atoms with Gasteiger partial charge in [-0.25, -0.2) is 0 Å². The van der Waals surface area contributed by atoms with E-state index >= 15 is 0 Å². The van der Waals surface area contributed by atoms with Gasteiger partial charge in [-0.2, -0.15) is 0 Å². The molecule has 4 nitrogen and oxygen atoms in total. The smallest absolute Gasteiger partial charge is 0.370 e. The molecule has 0 aliphatic rings. The molecule has 0 spiro atoms. The van der Waals surface area contributed by atoms with Gasteiger partial charge in [-0.15, -0.1) is 0 Å². The first-order chi connectivity index (χ1) is 9.68. The number of rotatable bonds is 10. The Morgan fingerprint density at radius 2 is 1.45 bits per heavy atom. The largest absolute Gasteiger partial charge is 0.551 e. The number of hydrogen-bond acceptors (Lipinski definition) is 4. The van der Waals surface area contributed by atoms with Crippen molar-refractivity contribution in [3.05, 3.63) is 35.9 Å². The molecule has 0 aliphatic carbocycles. The molecule has 0 aromatic heterocycles. The van der Waals surface area contributed by atoms with Crippen LogP contribution in [0.3, 0.4) is 0 Å². The lowest BCUT2D eigenvalue weighted by atomic mass is 10.1. The van der Waals surface area contributed by atoms with E-state index in [1.807, 2.05) is 39.0 Å². The Balaban J connectivity index is 2.71. The first-order valence-corrected chi connectivity index (χ1v) is 8.94. The maximum atomic E-state index is 8.34. The lowest BCUT2D eigenvalue weighted by Gasteiger charge is -2.28. The molecule has 112 valence electrons. The highest BCUT2D eigenvalue weighted by atomic mass is 28.4. The molecule has 0 saturated heterocycles. The van der Waals surface area contributed by atoms with E-state index in [1.54, 1.807) is 0 Å². The summed E-state index contributed by atoms with van der Waals surface area (Å²) in [6.07, 6.45) is 1.41. The number of hydrogen-bond donors (Lipinski definition) is 1. The fourth-order valence-corrected chi connectivity index (χ4v) is 4.37. The van der Waals surface area contributed by atoms with Gasteiger partial charge in [0.05, 0.1) is 5.33 Å². The van der Waals surface area contributed by atoms with Gasteiger partial charge in [-0.05, 0) is 39.2 Å². The van der Waals surface area contributed by atoms with Crippen molar-refractivity contribution in [1.29, 1.82) is 5.41 Å². The topological polar surface area (TPSA) is 51.5 Å². The molecule has 1 rings (SSSR count). The standard InChI is InChI=1S/C15H25NO3Si/c1-4-17-20(18-5-2,19-6-3)15(16)13-12-14-10-8-7-9-11-14/h7-11,16H,4-6,12-13H2,1-3H3. The highest BCUT2D eigenvalue weighted by Gasteiger charge is 2.45. The summed E-state index contributed by atoms with van der Waals surface area (Å²) in [6.45, 7) is 7.22. The summed E-state index contributed by atoms with van der Waals surface area (Å²) in [7, 11) is -2.97. The zero-order chi connectivity index (χ0) is 14.8. The summed E-state index contributed by atoms with van der Waals surface area (Å²) in [5.41, 5.74) is 1.21. The van der Waals surface area contributed by atoms with Crippen LogP contribution in [0.5, 0.6) is 0 Å². The number of benzene rings is 1. The van der Waals surface area contributed by atoms with Crippen LogP contribution in [0.25, 0.3) is 0 Å². The van der Waals surface area contributed by atoms with Crippen LogP contribution in [0.15, 0.2) is 30.3 Å². The zero-order valence-electron chi connectivity index (χ0n) is 12.6. The summed E-state index contributed by atoms with van der Waals surface area (Å²) < 4.78 is 17.2. The Labute approximate surface area is 122 Å². The van der Waals surface area contributed by atoms with Crippen molar-refractivity contribution in [1.82, 2.24) is 0 Å². The maximum absolute atomic E-state index is 8.34. The molecule has 0 atom stereocenters. The van der Waals surface area contributed by atoms with E-state index in [4.69, 9.17) is 18.7 Å². The molecule has 0 amide bonds. The van der Waals surface area contributed by atoms with Crippen molar-refractivity contribution in [2.24, 2.45) is 0 Å². The molecule has 1 aromatic carbocycles. The summed E-state index contributed by atoms with van der Waals surface area (Å²) >= 11 is 0. The van der Waals surface area contributed by atoms with Gasteiger partial charge in [0.1, 0.15) is 0 Å². The van der Waals surface area contributed by atoms with Gasteiger partial charge in [-0.1, -0.05) is 30.3 Å². The summed E-state index contributed by atoms with van der Waals surface area (Å²) in [4.78, 5) is 0. The summed E-state index contributed by atoms with van der Waals surface area (Å²) in [5, 5.41) is 8.80. The normalized spacial score (nSPS) is 11.6. The second kappa shape index (κ2) is 9.02. The van der Waals surface area contributed by atoms with E-state index in [0.717, 1.165) is 6.42 Å². The van der Waals surface area contributed by atoms with Crippen molar-refractivity contribution in [3.8, 4) is 0 Å². The van der Waals surface area contributed by atoms with Gasteiger partial charge in [-0.3, -0.25) is 0 Å². The maximum Gasteiger partial charge on any atom is 0.551 e. The van der Waals surface area contributed by atoms with Crippen LogP contribution < -0.4 is 0 Å². The van der Waals surface area contributed by atoms with Crippen LogP contribution in [-0.4, -0.2) is 34.0 Å². The van der Waals surface area contributed by atoms with Crippen LogP contribution in [0.4, 0.5) is 0 Å². The third-order valence-electron chi connectivity index (χ3n) is 2.88. The molecule has 0 bridgehead atoms. The highest BCUT2D eigenvalue weighted by Crippen LogP contribution is 2.16. The van der Waals surface area contributed by atoms with Crippen LogP contribution in [0, 0.1) is 5.41 Å². The molecule has 1 N–H and O–H groups in total. The fraction of sp³-hybridized carbons (Fsp3) is 0.533. The van der Waals surface area contributed by atoms with E-state index in [9.17, 15) is 0 Å². The third kappa shape index (κ3) is 4.83. The van der Waals surface area contributed by atoms with E-state index in [1.165, 1.54) is 5.56 Å². The third-order valence-corrected chi connectivity index (χ3v) is 5.87. The number of nitrogens with one attached hydrogen (secondary N) is 1. The van der Waals surface area contributed by atoms with Crippen LogP contribution >= 0.6 is 0 Å². The molecule has 5 heteroatoms. The fourth-order valence-electron chi connectivity index (χ4n) is 2.02. The van der Waals surface area contributed by atoms with E-state index in [-0.39, 0.29) is 0 Å². The van der Waals surface area contributed by atoms with Crippen molar-refractivity contribution in [3.63, 3.8) is 0 Å². The van der Waals surface area contributed by atoms with E-state index < -0.39 is 8.80 Å². The van der Waals surface area contributed by atoms with E-state index in [0.29, 0.717) is 31.6 Å². The molecular weight excluding hydrogens is 270 g/mol. The lowest BCUT2D eigenvalue weighted by Crippen LogP contribution is -2.53. The molecule has 20 heavy (non-hydrogen) atoms. The second-order valence-corrected chi connectivity index (χ2v) is 6.90. The molecule has 0 unspecified atom stereocenters. The molecule has 1 aromatic rings.